The number of nitrogens with zero attached hydrogens (tertiary/aromatic N) is 1. The van der Waals surface area contributed by atoms with Crippen LogP contribution in [-0.4, -0.2) is 24.0 Å². The first-order valence-corrected chi connectivity index (χ1v) is 6.99. The molecule has 98 valence electrons. The Balaban J connectivity index is 0.000000574. The Morgan fingerprint density at radius 2 is 2.11 bits per heavy atom. The molecule has 18 heavy (non-hydrogen) atoms. The molecule has 0 amide bonds. The molecule has 1 aromatic rings. The lowest BCUT2D eigenvalue weighted by Crippen LogP contribution is -2.30. The van der Waals surface area contributed by atoms with Gasteiger partial charge in [-0.15, -0.1) is 0 Å². The van der Waals surface area contributed by atoms with E-state index in [1.165, 1.54) is 18.1 Å². The van der Waals surface area contributed by atoms with Gasteiger partial charge < -0.3 is 0 Å². The zero-order valence-corrected chi connectivity index (χ0v) is 11.5. The van der Waals surface area contributed by atoms with E-state index in [0.29, 0.717) is 12.0 Å². The minimum atomic E-state index is -0.131. The van der Waals surface area contributed by atoms with Gasteiger partial charge in [0.15, 0.2) is 0 Å². The second kappa shape index (κ2) is 5.66. The molecule has 1 aliphatic carbocycles. The van der Waals surface area contributed by atoms with Crippen molar-refractivity contribution in [3.05, 3.63) is 41.7 Å². The number of rotatable bonds is 2. The minimum Gasteiger partial charge on any atom is -0.297 e. The number of likely N-dealkylation sites (tertiary alicyclic amines) is 1. The predicted octanol–water partition coefficient (Wildman–Crippen LogP) is 3.96. The van der Waals surface area contributed by atoms with Crippen LogP contribution in [0, 0.1) is 11.7 Å². The maximum absolute atomic E-state index is 13.2. The highest BCUT2D eigenvalue weighted by Crippen LogP contribution is 2.41. The first-order chi connectivity index (χ1) is 8.78. The van der Waals surface area contributed by atoms with Crippen LogP contribution in [0.15, 0.2) is 30.3 Å². The Morgan fingerprint density at radius 1 is 1.33 bits per heavy atom. The summed E-state index contributed by atoms with van der Waals surface area (Å²) in [6.07, 6.45) is 3.55. The molecule has 1 heterocycles. The maximum atomic E-state index is 13.2. The third kappa shape index (κ3) is 2.35. The van der Waals surface area contributed by atoms with Crippen LogP contribution in [-0.2, 0) is 0 Å². The highest BCUT2D eigenvalue weighted by atomic mass is 19.1. The normalized spacial score (nSPS) is 25.7. The van der Waals surface area contributed by atoms with Gasteiger partial charge in [-0.1, -0.05) is 39.0 Å². The molecule has 1 aromatic carbocycles. The molecular formula is C16H22FN. The fourth-order valence-corrected chi connectivity index (χ4v) is 3.04. The molecule has 2 aliphatic rings. The van der Waals surface area contributed by atoms with E-state index in [1.54, 1.807) is 12.1 Å². The van der Waals surface area contributed by atoms with Gasteiger partial charge in [-0.05, 0) is 42.2 Å². The van der Waals surface area contributed by atoms with Crippen molar-refractivity contribution >= 4 is 5.57 Å². The summed E-state index contributed by atoms with van der Waals surface area (Å²) in [5.74, 6) is 0.486. The molecule has 2 heteroatoms. The van der Waals surface area contributed by atoms with Crippen molar-refractivity contribution in [1.82, 2.24) is 4.90 Å². The van der Waals surface area contributed by atoms with E-state index in [0.717, 1.165) is 18.7 Å². The van der Waals surface area contributed by atoms with Crippen LogP contribution in [0.3, 0.4) is 0 Å². The lowest BCUT2D eigenvalue weighted by molar-refractivity contribution is 0.297. The third-order valence-corrected chi connectivity index (χ3v) is 3.83. The lowest BCUT2D eigenvalue weighted by Gasteiger charge is -2.24. The lowest BCUT2D eigenvalue weighted by atomic mass is 9.95. The first-order valence-electron chi connectivity index (χ1n) is 6.99. The maximum Gasteiger partial charge on any atom is 0.123 e. The molecule has 1 nitrogen and oxygen atoms in total. The molecule has 0 aromatic heterocycles. The summed E-state index contributed by atoms with van der Waals surface area (Å²) in [6.45, 7) is 8.47. The molecule has 2 unspecified atom stereocenters. The van der Waals surface area contributed by atoms with E-state index in [2.05, 4.69) is 17.9 Å². The smallest absolute Gasteiger partial charge is 0.123 e. The molecule has 3 rings (SSSR count). The van der Waals surface area contributed by atoms with E-state index in [9.17, 15) is 4.39 Å². The third-order valence-electron chi connectivity index (χ3n) is 3.83. The summed E-state index contributed by atoms with van der Waals surface area (Å²) in [4.78, 5) is 2.49. The van der Waals surface area contributed by atoms with Crippen molar-refractivity contribution in [2.75, 3.05) is 13.1 Å². The first kappa shape index (κ1) is 13.3. The van der Waals surface area contributed by atoms with Crippen LogP contribution < -0.4 is 0 Å². The monoisotopic (exact) mass is 247 g/mol. The molecule has 1 aliphatic heterocycles. The van der Waals surface area contributed by atoms with Crippen LogP contribution >= 0.6 is 0 Å². The van der Waals surface area contributed by atoms with Crippen molar-refractivity contribution in [3.8, 4) is 0 Å². The molecule has 1 fully saturated rings. The number of likely N-dealkylation sites (N-methyl/N-ethyl adjacent to an activating group) is 1. The van der Waals surface area contributed by atoms with Crippen LogP contribution in [0.2, 0.25) is 0 Å². The SMILES string of the molecule is CC.CCN1CC2CC1C=C2c1cccc(F)c1. The minimum absolute atomic E-state index is 0.131. The Labute approximate surface area is 109 Å². The van der Waals surface area contributed by atoms with Gasteiger partial charge in [0.1, 0.15) is 5.82 Å². The Morgan fingerprint density at radius 3 is 2.67 bits per heavy atom. The number of benzene rings is 1. The van der Waals surface area contributed by atoms with Crippen molar-refractivity contribution in [1.29, 1.82) is 0 Å². The summed E-state index contributed by atoms with van der Waals surface area (Å²) < 4.78 is 13.2. The standard InChI is InChI=1S/C14H16FN.C2H6/c1-2-16-9-11-7-13(16)8-14(11)10-4-3-5-12(15)6-10;1-2/h3-6,8,11,13H,2,7,9H2,1H3;1-2H3. The molecule has 0 N–H and O–H groups in total. The van der Waals surface area contributed by atoms with Crippen LogP contribution in [0.25, 0.3) is 5.57 Å². The average molecular weight is 247 g/mol. The van der Waals surface area contributed by atoms with Gasteiger partial charge in [-0.3, -0.25) is 4.90 Å². The van der Waals surface area contributed by atoms with Crippen LogP contribution in [0.1, 0.15) is 32.8 Å². The molecule has 1 saturated heterocycles. The highest BCUT2D eigenvalue weighted by Gasteiger charge is 2.38. The van der Waals surface area contributed by atoms with Crippen LogP contribution in [0.5, 0.6) is 0 Å². The summed E-state index contributed by atoms with van der Waals surface area (Å²) in [7, 11) is 0. The number of fused-ring (bicyclic) bond motifs is 2. The van der Waals surface area contributed by atoms with Gasteiger partial charge in [0.2, 0.25) is 0 Å². The van der Waals surface area contributed by atoms with Gasteiger partial charge >= 0.3 is 0 Å². The van der Waals surface area contributed by atoms with E-state index in [1.807, 2.05) is 19.9 Å². The van der Waals surface area contributed by atoms with E-state index in [-0.39, 0.29) is 5.82 Å². The second-order valence-electron chi connectivity index (χ2n) is 4.72. The Kier molecular flexibility index (Phi) is 4.18. The second-order valence-corrected chi connectivity index (χ2v) is 4.72. The Bertz CT molecular complexity index is 438. The number of hydrogen-bond donors (Lipinski definition) is 0. The largest absolute Gasteiger partial charge is 0.297 e. The molecule has 0 radical (unpaired) electrons. The quantitative estimate of drug-likeness (QED) is 0.764. The van der Waals surface area contributed by atoms with Crippen molar-refractivity contribution < 1.29 is 4.39 Å². The topological polar surface area (TPSA) is 3.24 Å². The van der Waals surface area contributed by atoms with E-state index < -0.39 is 0 Å². The molecule has 0 spiro atoms. The predicted molar refractivity (Wildman–Crippen MR) is 74.9 cm³/mol. The van der Waals surface area contributed by atoms with Gasteiger partial charge in [-0.25, -0.2) is 4.39 Å². The molecule has 0 saturated carbocycles. The summed E-state index contributed by atoms with van der Waals surface area (Å²) >= 11 is 0. The zero-order chi connectivity index (χ0) is 13.1. The average Bonchev–Trinajstić information content (AvgIpc) is 3.00. The summed E-state index contributed by atoms with van der Waals surface area (Å²) in [5.41, 5.74) is 2.43. The van der Waals surface area contributed by atoms with Gasteiger partial charge in [0, 0.05) is 12.6 Å². The highest BCUT2D eigenvalue weighted by molar-refractivity contribution is 5.71. The number of hydrogen-bond acceptors (Lipinski definition) is 1. The van der Waals surface area contributed by atoms with Gasteiger partial charge in [0.25, 0.3) is 0 Å². The molecule has 2 bridgehead atoms. The summed E-state index contributed by atoms with van der Waals surface area (Å²) in [5, 5.41) is 0. The number of halogens is 1. The molecule has 2 atom stereocenters. The zero-order valence-electron chi connectivity index (χ0n) is 11.5. The van der Waals surface area contributed by atoms with Crippen molar-refractivity contribution in [2.24, 2.45) is 5.92 Å². The fourth-order valence-electron chi connectivity index (χ4n) is 3.04. The van der Waals surface area contributed by atoms with E-state index >= 15 is 0 Å². The molecular weight excluding hydrogens is 225 g/mol. The van der Waals surface area contributed by atoms with E-state index in [4.69, 9.17) is 0 Å². The summed E-state index contributed by atoms with van der Waals surface area (Å²) in [6, 6.07) is 7.58. The van der Waals surface area contributed by atoms with Crippen molar-refractivity contribution in [2.45, 2.75) is 33.2 Å². The van der Waals surface area contributed by atoms with Crippen molar-refractivity contribution in [3.63, 3.8) is 0 Å². The fraction of sp³-hybridized carbons (Fsp3) is 0.500. The van der Waals surface area contributed by atoms with Gasteiger partial charge in [0.05, 0.1) is 0 Å². The van der Waals surface area contributed by atoms with Crippen LogP contribution in [0.4, 0.5) is 4.39 Å². The Hall–Kier alpha value is -1.15. The van der Waals surface area contributed by atoms with Gasteiger partial charge in [-0.2, -0.15) is 0 Å².